The molecule has 6 nitrogen and oxygen atoms in total. The van der Waals surface area contributed by atoms with Gasteiger partial charge in [-0.15, -0.1) is 21.5 Å². The van der Waals surface area contributed by atoms with Gasteiger partial charge in [-0.05, 0) is 50.3 Å². The lowest BCUT2D eigenvalue weighted by Gasteiger charge is -2.15. The minimum absolute atomic E-state index is 0.00496. The zero-order valence-corrected chi connectivity index (χ0v) is 14.8. The number of rotatable bonds is 3. The van der Waals surface area contributed by atoms with Crippen LogP contribution in [0, 0.1) is 0 Å². The molecule has 0 amide bonds. The third-order valence-corrected chi connectivity index (χ3v) is 6.03. The lowest BCUT2D eigenvalue weighted by atomic mass is 9.97. The maximum atomic E-state index is 4.54. The molecule has 0 radical (unpaired) electrons. The Morgan fingerprint density at radius 1 is 1.16 bits per heavy atom. The highest BCUT2D eigenvalue weighted by Gasteiger charge is 2.21. The van der Waals surface area contributed by atoms with Crippen LogP contribution in [0.2, 0.25) is 0 Å². The summed E-state index contributed by atoms with van der Waals surface area (Å²) in [6.07, 6.45) is 8.46. The molecule has 0 saturated heterocycles. The van der Waals surface area contributed by atoms with Crippen LogP contribution in [-0.4, -0.2) is 24.6 Å². The van der Waals surface area contributed by atoms with Gasteiger partial charge in [0.1, 0.15) is 17.0 Å². The Morgan fingerprint density at radius 3 is 3.04 bits per heavy atom. The van der Waals surface area contributed by atoms with Gasteiger partial charge in [0.05, 0.1) is 11.4 Å². The minimum atomic E-state index is -0.00496. The molecule has 4 aromatic heterocycles. The summed E-state index contributed by atoms with van der Waals surface area (Å²) >= 11 is 1.82. The van der Waals surface area contributed by atoms with E-state index >= 15 is 0 Å². The summed E-state index contributed by atoms with van der Waals surface area (Å²) in [5, 5.41) is 13.3. The van der Waals surface area contributed by atoms with Gasteiger partial charge in [-0.1, -0.05) is 6.07 Å². The zero-order valence-electron chi connectivity index (χ0n) is 13.9. The number of fused-ring (bicyclic) bond motifs is 4. The van der Waals surface area contributed by atoms with Gasteiger partial charge in [0.2, 0.25) is 0 Å². The van der Waals surface area contributed by atoms with Crippen LogP contribution in [0.15, 0.2) is 30.7 Å². The number of hydrogen-bond acceptors (Lipinski definition) is 6. The number of aryl methyl sites for hydroxylation is 2. The molecule has 1 atom stereocenters. The lowest BCUT2D eigenvalue weighted by Crippen LogP contribution is -2.12. The summed E-state index contributed by atoms with van der Waals surface area (Å²) in [7, 11) is 0. The standard InChI is InChI=1S/C18H18N6S/c1-11(17-23-22-14-8-4-5-9-24(14)17)21-16-15-12-6-2-3-7-13(12)25-18(15)20-10-19-16/h4-5,8-11H,2-3,6-7H2,1H3,(H,19,20,21). The van der Waals surface area contributed by atoms with Crippen molar-refractivity contribution >= 4 is 33.0 Å². The van der Waals surface area contributed by atoms with Crippen molar-refractivity contribution < 1.29 is 0 Å². The molecule has 4 heterocycles. The normalized spacial score (nSPS) is 15.4. The highest BCUT2D eigenvalue weighted by atomic mass is 32.1. The maximum absolute atomic E-state index is 4.54. The fourth-order valence-corrected chi connectivity index (χ4v) is 4.85. The average Bonchev–Trinajstić information content (AvgIpc) is 3.23. The Balaban J connectivity index is 1.56. The van der Waals surface area contributed by atoms with Gasteiger partial charge in [0, 0.05) is 11.1 Å². The molecule has 7 heteroatoms. The Hall–Kier alpha value is -2.54. The molecule has 0 bridgehead atoms. The summed E-state index contributed by atoms with van der Waals surface area (Å²) in [5.74, 6) is 1.79. The number of pyridine rings is 1. The van der Waals surface area contributed by atoms with Crippen molar-refractivity contribution in [2.75, 3.05) is 5.32 Å². The highest BCUT2D eigenvalue weighted by molar-refractivity contribution is 7.19. The van der Waals surface area contributed by atoms with Crippen LogP contribution in [0.5, 0.6) is 0 Å². The first-order valence-corrected chi connectivity index (χ1v) is 9.44. The van der Waals surface area contributed by atoms with E-state index < -0.39 is 0 Å². The van der Waals surface area contributed by atoms with Crippen LogP contribution in [0.25, 0.3) is 15.9 Å². The van der Waals surface area contributed by atoms with Crippen LogP contribution >= 0.6 is 11.3 Å². The second-order valence-electron chi connectivity index (χ2n) is 6.47. The van der Waals surface area contributed by atoms with Crippen molar-refractivity contribution in [2.24, 2.45) is 0 Å². The number of anilines is 1. The van der Waals surface area contributed by atoms with Crippen molar-refractivity contribution in [1.82, 2.24) is 24.6 Å². The van der Waals surface area contributed by atoms with Crippen molar-refractivity contribution in [3.8, 4) is 0 Å². The van der Waals surface area contributed by atoms with Crippen molar-refractivity contribution in [3.63, 3.8) is 0 Å². The molecule has 0 saturated carbocycles. The van der Waals surface area contributed by atoms with E-state index in [1.807, 2.05) is 40.1 Å². The highest BCUT2D eigenvalue weighted by Crippen LogP contribution is 2.38. The molecule has 5 rings (SSSR count). The SMILES string of the molecule is CC(Nc1ncnc2sc3c(c12)CCCC3)c1nnc2ccccn12. The fourth-order valence-electron chi connectivity index (χ4n) is 3.62. The van der Waals surface area contributed by atoms with E-state index in [1.165, 1.54) is 35.1 Å². The van der Waals surface area contributed by atoms with Gasteiger partial charge in [0.25, 0.3) is 0 Å². The van der Waals surface area contributed by atoms with Crippen LogP contribution in [0.4, 0.5) is 5.82 Å². The van der Waals surface area contributed by atoms with E-state index in [1.54, 1.807) is 6.33 Å². The molecule has 1 unspecified atom stereocenters. The molecular formula is C18H18N6S. The molecule has 0 fully saturated rings. The number of nitrogens with one attached hydrogen (secondary N) is 1. The molecule has 25 heavy (non-hydrogen) atoms. The third-order valence-electron chi connectivity index (χ3n) is 4.83. The van der Waals surface area contributed by atoms with E-state index in [2.05, 4.69) is 32.4 Å². The van der Waals surface area contributed by atoms with Gasteiger partial charge in [0.15, 0.2) is 11.5 Å². The number of nitrogens with zero attached hydrogens (tertiary/aromatic N) is 5. The Kier molecular flexibility index (Phi) is 3.41. The molecule has 0 aromatic carbocycles. The summed E-state index contributed by atoms with van der Waals surface area (Å²) in [4.78, 5) is 11.6. The number of hydrogen-bond donors (Lipinski definition) is 1. The molecule has 0 spiro atoms. The van der Waals surface area contributed by atoms with Gasteiger partial charge in [-0.3, -0.25) is 4.40 Å². The van der Waals surface area contributed by atoms with Gasteiger partial charge in [-0.25, -0.2) is 9.97 Å². The van der Waals surface area contributed by atoms with Crippen LogP contribution in [0.3, 0.4) is 0 Å². The molecule has 4 aromatic rings. The lowest BCUT2D eigenvalue weighted by molar-refractivity contribution is 0.700. The van der Waals surface area contributed by atoms with Crippen molar-refractivity contribution in [1.29, 1.82) is 0 Å². The van der Waals surface area contributed by atoms with Crippen LogP contribution in [-0.2, 0) is 12.8 Å². The van der Waals surface area contributed by atoms with Crippen molar-refractivity contribution in [3.05, 3.63) is 47.0 Å². The van der Waals surface area contributed by atoms with E-state index in [9.17, 15) is 0 Å². The second kappa shape index (κ2) is 5.77. The Morgan fingerprint density at radius 2 is 2.08 bits per heavy atom. The zero-order chi connectivity index (χ0) is 16.8. The molecule has 1 aliphatic rings. The van der Waals surface area contributed by atoms with Crippen LogP contribution in [0.1, 0.15) is 42.1 Å². The van der Waals surface area contributed by atoms with Crippen LogP contribution < -0.4 is 5.32 Å². The van der Waals surface area contributed by atoms with Gasteiger partial charge < -0.3 is 5.32 Å². The minimum Gasteiger partial charge on any atom is -0.360 e. The van der Waals surface area contributed by atoms with Crippen molar-refractivity contribution in [2.45, 2.75) is 38.6 Å². The maximum Gasteiger partial charge on any atom is 0.160 e. The van der Waals surface area contributed by atoms with Gasteiger partial charge >= 0.3 is 0 Å². The fraction of sp³-hybridized carbons (Fsp3) is 0.333. The summed E-state index contributed by atoms with van der Waals surface area (Å²) in [6, 6.07) is 5.92. The summed E-state index contributed by atoms with van der Waals surface area (Å²) in [6.45, 7) is 2.09. The smallest absolute Gasteiger partial charge is 0.160 e. The average molecular weight is 350 g/mol. The second-order valence-corrected chi connectivity index (χ2v) is 7.55. The molecular weight excluding hydrogens is 332 g/mol. The quantitative estimate of drug-likeness (QED) is 0.609. The third kappa shape index (κ3) is 2.38. The largest absolute Gasteiger partial charge is 0.360 e. The first-order chi connectivity index (χ1) is 12.3. The monoisotopic (exact) mass is 350 g/mol. The Bertz CT molecular complexity index is 1070. The molecule has 0 aliphatic heterocycles. The van der Waals surface area contributed by atoms with E-state index in [-0.39, 0.29) is 6.04 Å². The van der Waals surface area contributed by atoms with E-state index in [0.29, 0.717) is 0 Å². The van der Waals surface area contributed by atoms with E-state index in [0.717, 1.165) is 28.5 Å². The number of aromatic nitrogens is 5. The predicted octanol–water partition coefficient (Wildman–Crippen LogP) is 3.79. The topological polar surface area (TPSA) is 68.0 Å². The molecule has 1 aliphatic carbocycles. The van der Waals surface area contributed by atoms with E-state index in [4.69, 9.17) is 0 Å². The first-order valence-electron chi connectivity index (χ1n) is 8.62. The predicted molar refractivity (Wildman–Crippen MR) is 99.1 cm³/mol. The first kappa shape index (κ1) is 14.8. The Labute approximate surface area is 149 Å². The van der Waals surface area contributed by atoms with Gasteiger partial charge in [-0.2, -0.15) is 0 Å². The molecule has 1 N–H and O–H groups in total. The number of thiophene rings is 1. The summed E-state index contributed by atoms with van der Waals surface area (Å²) < 4.78 is 2.01. The molecule has 126 valence electrons. The summed E-state index contributed by atoms with van der Waals surface area (Å²) in [5.41, 5.74) is 2.29.